The topological polar surface area (TPSA) is 50.2 Å². The molecule has 1 amide bonds. The molecule has 0 spiro atoms. The van der Waals surface area contributed by atoms with Crippen molar-refractivity contribution in [2.75, 3.05) is 20.1 Å². The van der Waals surface area contributed by atoms with Crippen LogP contribution in [0.4, 0.5) is 0 Å². The zero-order valence-electron chi connectivity index (χ0n) is 8.89. The van der Waals surface area contributed by atoms with Crippen molar-refractivity contribution in [2.24, 2.45) is 0 Å². The first kappa shape index (κ1) is 10.2. The molecule has 1 unspecified atom stereocenters. The Labute approximate surface area is 89.1 Å². The van der Waals surface area contributed by atoms with E-state index >= 15 is 0 Å². The van der Waals surface area contributed by atoms with Crippen LogP contribution in [0.3, 0.4) is 0 Å². The largest absolute Gasteiger partial charge is 0.339 e. The van der Waals surface area contributed by atoms with Crippen molar-refractivity contribution in [1.29, 1.82) is 0 Å². The maximum Gasteiger partial charge on any atom is 0.239 e. The smallest absolute Gasteiger partial charge is 0.239 e. The van der Waals surface area contributed by atoms with Crippen molar-refractivity contribution in [3.8, 4) is 0 Å². The van der Waals surface area contributed by atoms with Gasteiger partial charge in [0.05, 0.1) is 12.6 Å². The minimum absolute atomic E-state index is 0.0163. The molecule has 1 atom stereocenters. The second-order valence-corrected chi connectivity index (χ2v) is 3.72. The minimum atomic E-state index is 0.0163. The average molecular weight is 208 g/mol. The quantitative estimate of drug-likeness (QED) is 0.739. The van der Waals surface area contributed by atoms with Crippen molar-refractivity contribution in [2.45, 2.75) is 19.0 Å². The third-order valence-corrected chi connectivity index (χ3v) is 2.80. The highest BCUT2D eigenvalue weighted by Gasteiger charge is 2.29. The number of likely N-dealkylation sites (N-methyl/N-ethyl adjacent to an activating group) is 1. The molecule has 1 aliphatic rings. The highest BCUT2D eigenvalue weighted by Crippen LogP contribution is 2.10. The number of hydrogen-bond acceptors (Lipinski definition) is 3. The van der Waals surface area contributed by atoms with E-state index in [-0.39, 0.29) is 11.9 Å². The monoisotopic (exact) mass is 208 g/mol. The van der Waals surface area contributed by atoms with E-state index in [9.17, 15) is 4.79 Å². The molecule has 5 nitrogen and oxygen atoms in total. The summed E-state index contributed by atoms with van der Waals surface area (Å²) >= 11 is 0. The Balaban J connectivity index is 1.84. The predicted molar refractivity (Wildman–Crippen MR) is 56.3 cm³/mol. The molecule has 1 aliphatic heterocycles. The molecule has 1 aromatic heterocycles. The van der Waals surface area contributed by atoms with Crippen LogP contribution in [0.2, 0.25) is 0 Å². The third-order valence-electron chi connectivity index (χ3n) is 2.80. The third kappa shape index (κ3) is 2.18. The number of likely N-dealkylation sites (tertiary alicyclic amines) is 1. The summed E-state index contributed by atoms with van der Waals surface area (Å²) in [6, 6.07) is 1.91. The van der Waals surface area contributed by atoms with E-state index in [0.717, 1.165) is 26.1 Å². The lowest BCUT2D eigenvalue weighted by Gasteiger charge is -2.16. The molecule has 2 heterocycles. The molecule has 1 aromatic rings. The van der Waals surface area contributed by atoms with Gasteiger partial charge in [0, 0.05) is 25.5 Å². The molecule has 0 bridgehead atoms. The first-order valence-corrected chi connectivity index (χ1v) is 5.25. The Morgan fingerprint density at radius 2 is 2.47 bits per heavy atom. The lowest BCUT2D eigenvalue weighted by atomic mass is 10.3. The first-order chi connectivity index (χ1) is 7.31. The number of hydrogen-bond donors (Lipinski definition) is 1. The molecule has 0 radical (unpaired) electrons. The van der Waals surface area contributed by atoms with Crippen LogP contribution in [0.1, 0.15) is 6.42 Å². The van der Waals surface area contributed by atoms with Crippen molar-refractivity contribution in [3.05, 3.63) is 18.5 Å². The molecular formula is C10H16N4O. The molecule has 0 aliphatic carbocycles. The van der Waals surface area contributed by atoms with Crippen LogP contribution in [-0.4, -0.2) is 46.8 Å². The van der Waals surface area contributed by atoms with E-state index in [2.05, 4.69) is 10.4 Å². The van der Waals surface area contributed by atoms with Crippen molar-refractivity contribution >= 4 is 5.91 Å². The Morgan fingerprint density at radius 1 is 1.60 bits per heavy atom. The van der Waals surface area contributed by atoms with Gasteiger partial charge in [0.15, 0.2) is 0 Å². The van der Waals surface area contributed by atoms with E-state index in [0.29, 0.717) is 0 Å². The van der Waals surface area contributed by atoms with E-state index in [1.54, 1.807) is 6.20 Å². The van der Waals surface area contributed by atoms with Gasteiger partial charge in [0.1, 0.15) is 0 Å². The molecule has 5 heteroatoms. The van der Waals surface area contributed by atoms with Crippen molar-refractivity contribution < 1.29 is 4.79 Å². The summed E-state index contributed by atoms with van der Waals surface area (Å²) in [7, 11) is 1.83. The molecule has 1 N–H and O–H groups in total. The lowest BCUT2D eigenvalue weighted by Crippen LogP contribution is -2.37. The van der Waals surface area contributed by atoms with Gasteiger partial charge in [-0.3, -0.25) is 9.48 Å². The van der Waals surface area contributed by atoms with E-state index in [1.807, 2.05) is 28.9 Å². The normalized spacial score (nSPS) is 21.3. The summed E-state index contributed by atoms with van der Waals surface area (Å²) in [6.45, 7) is 2.37. The molecule has 2 rings (SSSR count). The number of nitrogens with zero attached hydrogens (tertiary/aromatic N) is 3. The van der Waals surface area contributed by atoms with Gasteiger partial charge in [-0.2, -0.15) is 5.10 Å². The maximum atomic E-state index is 11.7. The van der Waals surface area contributed by atoms with E-state index < -0.39 is 0 Å². The number of carbonyl (C=O) groups excluding carboxylic acids is 1. The standard InChI is InChI=1S/C10H16N4O/c1-11-9-3-6-13(10(9)15)7-8-14-5-2-4-12-14/h2,4-5,9,11H,3,6-8H2,1H3. The minimum Gasteiger partial charge on any atom is -0.339 e. The molecule has 82 valence electrons. The number of amides is 1. The Hall–Kier alpha value is -1.36. The van der Waals surface area contributed by atoms with Gasteiger partial charge >= 0.3 is 0 Å². The van der Waals surface area contributed by atoms with Crippen LogP contribution >= 0.6 is 0 Å². The highest BCUT2D eigenvalue weighted by atomic mass is 16.2. The van der Waals surface area contributed by atoms with Crippen LogP contribution in [0.15, 0.2) is 18.5 Å². The summed E-state index contributed by atoms with van der Waals surface area (Å²) in [5, 5.41) is 7.13. The SMILES string of the molecule is CNC1CCN(CCn2cccn2)C1=O. The van der Waals surface area contributed by atoms with Crippen LogP contribution in [0.5, 0.6) is 0 Å². The van der Waals surface area contributed by atoms with E-state index in [1.165, 1.54) is 0 Å². The fourth-order valence-corrected chi connectivity index (χ4v) is 1.88. The zero-order chi connectivity index (χ0) is 10.7. The number of nitrogens with one attached hydrogen (secondary N) is 1. The molecule has 1 fully saturated rings. The number of aromatic nitrogens is 2. The van der Waals surface area contributed by atoms with Crippen LogP contribution in [-0.2, 0) is 11.3 Å². The average Bonchev–Trinajstić information content (AvgIpc) is 2.85. The van der Waals surface area contributed by atoms with Gasteiger partial charge in [-0.05, 0) is 19.5 Å². The van der Waals surface area contributed by atoms with Crippen molar-refractivity contribution in [1.82, 2.24) is 20.0 Å². The van der Waals surface area contributed by atoms with Gasteiger partial charge in [0.2, 0.25) is 5.91 Å². The second-order valence-electron chi connectivity index (χ2n) is 3.72. The van der Waals surface area contributed by atoms with Crippen LogP contribution in [0, 0.1) is 0 Å². The van der Waals surface area contributed by atoms with Gasteiger partial charge in [-0.25, -0.2) is 0 Å². The fraction of sp³-hybridized carbons (Fsp3) is 0.600. The molecule has 0 aromatic carbocycles. The van der Waals surface area contributed by atoms with Crippen LogP contribution in [0.25, 0.3) is 0 Å². The van der Waals surface area contributed by atoms with Gasteiger partial charge < -0.3 is 10.2 Å². The Morgan fingerprint density at radius 3 is 3.07 bits per heavy atom. The highest BCUT2D eigenvalue weighted by molar-refractivity contribution is 5.83. The van der Waals surface area contributed by atoms with E-state index in [4.69, 9.17) is 0 Å². The first-order valence-electron chi connectivity index (χ1n) is 5.25. The number of rotatable bonds is 4. The van der Waals surface area contributed by atoms with Crippen molar-refractivity contribution in [3.63, 3.8) is 0 Å². The zero-order valence-corrected chi connectivity index (χ0v) is 8.89. The van der Waals surface area contributed by atoms with Gasteiger partial charge in [-0.15, -0.1) is 0 Å². The summed E-state index contributed by atoms with van der Waals surface area (Å²) in [5.74, 6) is 0.213. The molecular weight excluding hydrogens is 192 g/mol. The summed E-state index contributed by atoms with van der Waals surface area (Å²) in [4.78, 5) is 13.6. The summed E-state index contributed by atoms with van der Waals surface area (Å²) < 4.78 is 1.85. The Bertz CT molecular complexity index is 322. The number of carbonyl (C=O) groups is 1. The van der Waals surface area contributed by atoms with Crippen LogP contribution < -0.4 is 5.32 Å². The summed E-state index contributed by atoms with van der Waals surface area (Å²) in [5.41, 5.74) is 0. The lowest BCUT2D eigenvalue weighted by molar-refractivity contribution is -0.129. The van der Waals surface area contributed by atoms with Gasteiger partial charge in [-0.1, -0.05) is 0 Å². The molecule has 0 saturated carbocycles. The predicted octanol–water partition coefficient (Wildman–Crippen LogP) is -0.297. The fourth-order valence-electron chi connectivity index (χ4n) is 1.88. The molecule has 1 saturated heterocycles. The molecule has 15 heavy (non-hydrogen) atoms. The summed E-state index contributed by atoms with van der Waals surface area (Å²) in [6.07, 6.45) is 4.58. The van der Waals surface area contributed by atoms with Gasteiger partial charge in [0.25, 0.3) is 0 Å². The maximum absolute atomic E-state index is 11.7. The Kier molecular flexibility index (Phi) is 3.01. The second kappa shape index (κ2) is 4.44.